The summed E-state index contributed by atoms with van der Waals surface area (Å²) in [6.45, 7) is 14.1. The molecule has 0 heterocycles. The summed E-state index contributed by atoms with van der Waals surface area (Å²) in [5.74, 6) is 1.78. The first-order valence-corrected chi connectivity index (χ1v) is 27.1. The van der Waals surface area contributed by atoms with Gasteiger partial charge in [0.1, 0.15) is 0 Å². The zero-order chi connectivity index (χ0) is 49.0. The molecule has 2 heteroatoms. The minimum absolute atomic E-state index is 0.291. The van der Waals surface area contributed by atoms with Crippen molar-refractivity contribution < 1.29 is 0 Å². The predicted molar refractivity (Wildman–Crippen MR) is 310 cm³/mol. The van der Waals surface area contributed by atoms with E-state index in [1.54, 1.807) is 0 Å². The highest BCUT2D eigenvalue weighted by Gasteiger charge is 2.29. The highest BCUT2D eigenvalue weighted by atomic mass is 15.2. The van der Waals surface area contributed by atoms with Crippen LogP contribution in [0.1, 0.15) is 136 Å². The molecule has 0 amide bonds. The van der Waals surface area contributed by atoms with Gasteiger partial charge in [-0.1, -0.05) is 187 Å². The number of nitrogens with zero attached hydrogens (tertiary/aromatic N) is 2. The quantitative estimate of drug-likeness (QED) is 0.113. The van der Waals surface area contributed by atoms with E-state index in [4.69, 9.17) is 0 Å². The van der Waals surface area contributed by atoms with Gasteiger partial charge < -0.3 is 9.80 Å². The van der Waals surface area contributed by atoms with Crippen LogP contribution < -0.4 is 9.80 Å². The van der Waals surface area contributed by atoms with E-state index in [1.807, 2.05) is 0 Å². The molecule has 2 nitrogen and oxygen atoms in total. The second kappa shape index (κ2) is 19.1. The van der Waals surface area contributed by atoms with Crippen molar-refractivity contribution >= 4 is 66.4 Å². The molecule has 358 valence electrons. The molecule has 0 bridgehead atoms. The Morgan fingerprint density at radius 1 is 0.347 bits per heavy atom. The first-order valence-electron chi connectivity index (χ1n) is 27.1. The molecule has 2 aliphatic rings. The van der Waals surface area contributed by atoms with Crippen LogP contribution in [0.4, 0.5) is 34.1 Å². The maximum Gasteiger partial charge on any atom is 0.0543 e. The monoisotopic (exact) mass is 937 g/mol. The molecule has 0 radical (unpaired) electrons. The fourth-order valence-corrected chi connectivity index (χ4v) is 12.8. The number of hydrogen-bond donors (Lipinski definition) is 0. The first kappa shape index (κ1) is 45.9. The van der Waals surface area contributed by atoms with Gasteiger partial charge in [-0.25, -0.2) is 0 Å². The van der Waals surface area contributed by atoms with Crippen molar-refractivity contribution in [2.75, 3.05) is 9.80 Å². The Labute approximate surface area is 428 Å². The van der Waals surface area contributed by atoms with Gasteiger partial charge in [-0.3, -0.25) is 0 Å². The van der Waals surface area contributed by atoms with Crippen LogP contribution in [0.25, 0.3) is 54.6 Å². The second-order valence-electron chi connectivity index (χ2n) is 21.9. The molecule has 0 aromatic heterocycles. The van der Waals surface area contributed by atoms with Crippen LogP contribution in [0.3, 0.4) is 0 Å². The molecular formula is C70H68N2. The van der Waals surface area contributed by atoms with Gasteiger partial charge >= 0.3 is 0 Å². The van der Waals surface area contributed by atoms with Gasteiger partial charge in [0.05, 0.1) is 11.4 Å². The van der Waals surface area contributed by atoms with Gasteiger partial charge in [-0.2, -0.15) is 0 Å². The van der Waals surface area contributed by atoms with Crippen molar-refractivity contribution in [3.05, 3.63) is 215 Å². The zero-order valence-corrected chi connectivity index (χ0v) is 43.2. The lowest BCUT2D eigenvalue weighted by Crippen LogP contribution is -2.15. The third-order valence-electron chi connectivity index (χ3n) is 16.7. The van der Waals surface area contributed by atoms with Crippen LogP contribution >= 0.6 is 0 Å². The molecule has 10 aromatic rings. The van der Waals surface area contributed by atoms with E-state index in [2.05, 4.69) is 233 Å². The van der Waals surface area contributed by atoms with Crippen LogP contribution in [-0.4, -0.2) is 0 Å². The average molecular weight is 937 g/mol. The van der Waals surface area contributed by atoms with E-state index >= 15 is 0 Å². The van der Waals surface area contributed by atoms with Crippen LogP contribution in [0.15, 0.2) is 182 Å². The Bertz CT molecular complexity index is 3330. The van der Waals surface area contributed by atoms with E-state index in [0.717, 1.165) is 0 Å². The minimum Gasteiger partial charge on any atom is -0.310 e. The van der Waals surface area contributed by atoms with Gasteiger partial charge in [0.15, 0.2) is 0 Å². The Kier molecular flexibility index (Phi) is 12.2. The van der Waals surface area contributed by atoms with Gasteiger partial charge in [0.2, 0.25) is 0 Å². The van der Waals surface area contributed by atoms with E-state index in [1.165, 1.54) is 173 Å². The Morgan fingerprint density at radius 3 is 1.12 bits per heavy atom. The third-order valence-corrected chi connectivity index (χ3v) is 16.7. The van der Waals surface area contributed by atoms with Gasteiger partial charge in [0.25, 0.3) is 0 Å². The van der Waals surface area contributed by atoms with E-state index < -0.39 is 0 Å². The van der Waals surface area contributed by atoms with Crippen LogP contribution in [-0.2, 0) is 0 Å². The Balaban J connectivity index is 1.16. The number of rotatable bonds is 12. The Hall–Kier alpha value is -7.16. The summed E-state index contributed by atoms with van der Waals surface area (Å²) < 4.78 is 0. The lowest BCUT2D eigenvalue weighted by Gasteiger charge is -2.33. The standard InChI is InChI=1S/C70H68N2/c1-45(2)63-43-67(71(57-29-17-27-53(39-57)49-23-13-14-24-49)65-41-55(33-31-47(65)5)51-19-9-7-10-20-51)61-38-36-60-64(46(3)4)44-68(62-37-35-59(63)69(61)70(60)62)72(58-30-18-28-54(40-58)50-25-15-16-26-50)66-42-56(34-32-48(66)6)52-21-11-8-12-22-52/h7-12,17-22,27-46,49-50H,13-16,23-26H2,1-6H3. The highest BCUT2D eigenvalue weighted by Crippen LogP contribution is 2.53. The number of anilines is 6. The normalized spacial score (nSPS) is 14.5. The summed E-state index contributed by atoms with van der Waals surface area (Å²) in [6.07, 6.45) is 10.3. The predicted octanol–water partition coefficient (Wildman–Crippen LogP) is 21.0. The molecule has 72 heavy (non-hydrogen) atoms. The Morgan fingerprint density at radius 2 is 0.736 bits per heavy atom. The fourth-order valence-electron chi connectivity index (χ4n) is 12.8. The van der Waals surface area contributed by atoms with Crippen molar-refractivity contribution in [1.82, 2.24) is 0 Å². The first-order chi connectivity index (χ1) is 35.2. The highest BCUT2D eigenvalue weighted by molar-refractivity contribution is 6.29. The molecule has 0 aliphatic heterocycles. The summed E-state index contributed by atoms with van der Waals surface area (Å²) >= 11 is 0. The molecule has 10 aromatic carbocycles. The molecule has 0 saturated heterocycles. The van der Waals surface area contributed by atoms with Crippen molar-refractivity contribution in [3.63, 3.8) is 0 Å². The van der Waals surface area contributed by atoms with Crippen molar-refractivity contribution in [1.29, 1.82) is 0 Å². The van der Waals surface area contributed by atoms with Gasteiger partial charge in [-0.05, 0) is 189 Å². The topological polar surface area (TPSA) is 6.48 Å². The van der Waals surface area contributed by atoms with Crippen LogP contribution in [0.5, 0.6) is 0 Å². The molecule has 0 unspecified atom stereocenters. The molecule has 2 fully saturated rings. The molecule has 12 rings (SSSR count). The molecule has 2 saturated carbocycles. The van der Waals surface area contributed by atoms with Crippen molar-refractivity contribution in [3.8, 4) is 22.3 Å². The average Bonchev–Trinajstić information content (AvgIpc) is 4.17. The smallest absolute Gasteiger partial charge is 0.0543 e. The molecular weight excluding hydrogens is 869 g/mol. The number of benzene rings is 10. The second-order valence-corrected chi connectivity index (χ2v) is 21.9. The molecule has 0 spiro atoms. The molecule has 2 aliphatic carbocycles. The van der Waals surface area contributed by atoms with Gasteiger partial charge in [-0.15, -0.1) is 0 Å². The number of hydrogen-bond acceptors (Lipinski definition) is 2. The van der Waals surface area contributed by atoms with E-state index in [0.29, 0.717) is 23.7 Å². The van der Waals surface area contributed by atoms with Crippen LogP contribution in [0.2, 0.25) is 0 Å². The summed E-state index contributed by atoms with van der Waals surface area (Å²) in [6, 6.07) is 70.1. The number of aryl methyl sites for hydroxylation is 2. The van der Waals surface area contributed by atoms with Gasteiger partial charge in [0, 0.05) is 33.5 Å². The third kappa shape index (κ3) is 8.23. The van der Waals surface area contributed by atoms with E-state index in [9.17, 15) is 0 Å². The van der Waals surface area contributed by atoms with Crippen molar-refractivity contribution in [2.24, 2.45) is 0 Å². The SMILES string of the molecule is Cc1ccc(-c2ccccc2)cc1N(c1cccc(C2CCCC2)c1)c1cc(C(C)C)c2ccc3c(N(c4cccc(C5CCCC5)c4)c4cc(-c5ccccc5)ccc4C)cc(C(C)C)c4ccc1c2c43. The van der Waals surface area contributed by atoms with E-state index in [-0.39, 0.29) is 0 Å². The summed E-state index contributed by atoms with van der Waals surface area (Å²) in [5.41, 5.74) is 20.5. The lowest BCUT2D eigenvalue weighted by atomic mass is 9.83. The summed E-state index contributed by atoms with van der Waals surface area (Å²) in [4.78, 5) is 5.25. The maximum atomic E-state index is 2.63. The summed E-state index contributed by atoms with van der Waals surface area (Å²) in [7, 11) is 0. The molecule has 0 atom stereocenters. The largest absolute Gasteiger partial charge is 0.310 e. The fraction of sp³-hybridized carbons (Fsp3) is 0.257. The minimum atomic E-state index is 0.291. The molecule has 0 N–H and O–H groups in total. The van der Waals surface area contributed by atoms with Crippen molar-refractivity contribution in [2.45, 2.75) is 117 Å². The summed E-state index contributed by atoms with van der Waals surface area (Å²) in [5, 5.41) is 7.98. The lowest BCUT2D eigenvalue weighted by molar-refractivity contribution is 0.723. The van der Waals surface area contributed by atoms with Crippen LogP contribution in [0, 0.1) is 13.8 Å². The zero-order valence-electron chi connectivity index (χ0n) is 43.2. The maximum absolute atomic E-state index is 2.63.